The molecule has 2 unspecified atom stereocenters. The van der Waals surface area contributed by atoms with Crippen molar-refractivity contribution in [3.05, 3.63) is 0 Å². The van der Waals surface area contributed by atoms with Crippen molar-refractivity contribution in [3.8, 4) is 0 Å². The summed E-state index contributed by atoms with van der Waals surface area (Å²) in [5, 5.41) is 3.17. The first-order valence-electron chi connectivity index (χ1n) is 11.2. The maximum atomic E-state index is 12.5. The molecular weight excluding hydrogens is 372 g/mol. The van der Waals surface area contributed by atoms with Crippen LogP contribution in [0.15, 0.2) is 0 Å². The summed E-state index contributed by atoms with van der Waals surface area (Å²) < 4.78 is 5.13. The molecule has 1 aliphatic heterocycles. The highest BCUT2D eigenvalue weighted by Gasteiger charge is 2.52. The predicted molar refractivity (Wildman–Crippen MR) is 102 cm³/mol. The van der Waals surface area contributed by atoms with Gasteiger partial charge < -0.3 is 10.1 Å². The predicted octanol–water partition coefficient (Wildman–Crippen LogP) is 1.79. The van der Waals surface area contributed by atoms with Gasteiger partial charge in [0.1, 0.15) is 6.54 Å². The number of amides is 3. The molecule has 0 radical (unpaired) electrons. The van der Waals surface area contributed by atoms with Crippen LogP contribution >= 0.6 is 0 Å². The van der Waals surface area contributed by atoms with E-state index in [0.717, 1.165) is 54.8 Å². The Kier molecular flexibility index (Phi) is 4.67. The summed E-state index contributed by atoms with van der Waals surface area (Å²) in [5.41, 5.74) is -0.116. The van der Waals surface area contributed by atoms with Gasteiger partial charge in [-0.1, -0.05) is 12.8 Å². The van der Waals surface area contributed by atoms with Gasteiger partial charge in [-0.2, -0.15) is 0 Å². The van der Waals surface area contributed by atoms with Crippen LogP contribution in [0.2, 0.25) is 0 Å². The van der Waals surface area contributed by atoms with Gasteiger partial charge in [0.05, 0.1) is 11.8 Å². The van der Waals surface area contributed by atoms with Crippen molar-refractivity contribution in [2.75, 3.05) is 13.2 Å². The number of nitrogens with one attached hydrogen (secondary N) is 1. The number of likely N-dealkylation sites (tertiary alicyclic amines) is 1. The molecule has 5 aliphatic carbocycles. The van der Waals surface area contributed by atoms with Gasteiger partial charge in [-0.05, 0) is 69.1 Å². The number of esters is 1. The lowest BCUT2D eigenvalue weighted by atomic mass is 9.53. The SMILES string of the molecule is O=C(COC(=O)CN1C(=O)C2CCCCC2C1=O)NC12CC3CC(CC(C3)C1)C2. The van der Waals surface area contributed by atoms with Crippen molar-refractivity contribution in [1.29, 1.82) is 0 Å². The minimum absolute atomic E-state index is 0.116. The minimum Gasteiger partial charge on any atom is -0.454 e. The molecule has 7 nitrogen and oxygen atoms in total. The van der Waals surface area contributed by atoms with E-state index in [1.54, 1.807) is 0 Å². The topological polar surface area (TPSA) is 92.8 Å². The third kappa shape index (κ3) is 3.46. The van der Waals surface area contributed by atoms with Crippen molar-refractivity contribution >= 4 is 23.7 Å². The van der Waals surface area contributed by atoms with Crippen LogP contribution in [0.1, 0.15) is 64.2 Å². The summed E-state index contributed by atoms with van der Waals surface area (Å²) in [7, 11) is 0. The van der Waals surface area contributed by atoms with E-state index in [9.17, 15) is 19.2 Å². The van der Waals surface area contributed by atoms with Crippen molar-refractivity contribution in [1.82, 2.24) is 10.2 Å². The molecule has 158 valence electrons. The van der Waals surface area contributed by atoms with Gasteiger partial charge in [0.25, 0.3) is 5.91 Å². The van der Waals surface area contributed by atoms with E-state index in [4.69, 9.17) is 4.74 Å². The number of hydrogen-bond donors (Lipinski definition) is 1. The molecule has 2 atom stereocenters. The third-order valence-electron chi connectivity index (χ3n) is 8.03. The zero-order valence-corrected chi connectivity index (χ0v) is 16.9. The maximum Gasteiger partial charge on any atom is 0.326 e. The van der Waals surface area contributed by atoms with Crippen LogP contribution in [0, 0.1) is 29.6 Å². The van der Waals surface area contributed by atoms with E-state index in [2.05, 4.69) is 5.32 Å². The molecule has 0 aromatic heterocycles. The summed E-state index contributed by atoms with van der Waals surface area (Å²) in [6.07, 6.45) is 10.3. The third-order valence-corrected chi connectivity index (χ3v) is 8.03. The summed E-state index contributed by atoms with van der Waals surface area (Å²) in [4.78, 5) is 50.6. The number of imide groups is 1. The first-order valence-corrected chi connectivity index (χ1v) is 11.2. The Morgan fingerprint density at radius 2 is 1.45 bits per heavy atom. The number of ether oxygens (including phenoxy) is 1. The second-order valence-corrected chi connectivity index (χ2v) is 10.2. The molecule has 1 heterocycles. The number of nitrogens with zero attached hydrogens (tertiary/aromatic N) is 1. The van der Waals surface area contributed by atoms with Crippen LogP contribution in [0.4, 0.5) is 0 Å². The lowest BCUT2D eigenvalue weighted by molar-refractivity contribution is -0.155. The molecule has 3 amide bonds. The zero-order valence-electron chi connectivity index (χ0n) is 16.9. The number of rotatable bonds is 5. The standard InChI is InChI=1S/C22H30N2O5/c25-18(23-22-8-13-5-14(9-22)7-15(6-13)10-22)12-29-19(26)11-24-20(27)16-3-1-2-4-17(16)21(24)28/h13-17H,1-12H2,(H,23,25). The van der Waals surface area contributed by atoms with E-state index in [0.29, 0.717) is 12.8 Å². The maximum absolute atomic E-state index is 12.5. The molecule has 6 fully saturated rings. The fourth-order valence-electron chi connectivity index (χ4n) is 7.30. The second kappa shape index (κ2) is 7.10. The lowest BCUT2D eigenvalue weighted by Gasteiger charge is -2.56. The molecule has 6 rings (SSSR count). The van der Waals surface area contributed by atoms with E-state index >= 15 is 0 Å². The largest absolute Gasteiger partial charge is 0.454 e. The van der Waals surface area contributed by atoms with Gasteiger partial charge in [0.2, 0.25) is 11.8 Å². The minimum atomic E-state index is -0.689. The number of carbonyl (C=O) groups excluding carboxylic acids is 4. The highest BCUT2D eigenvalue weighted by molar-refractivity contribution is 6.07. The van der Waals surface area contributed by atoms with Gasteiger partial charge >= 0.3 is 5.97 Å². The van der Waals surface area contributed by atoms with Crippen molar-refractivity contribution in [2.24, 2.45) is 29.6 Å². The Hall–Kier alpha value is -1.92. The number of fused-ring (bicyclic) bond motifs is 1. The average Bonchev–Trinajstić information content (AvgIpc) is 2.90. The molecule has 5 saturated carbocycles. The molecule has 7 heteroatoms. The smallest absolute Gasteiger partial charge is 0.326 e. The first kappa shape index (κ1) is 19.1. The van der Waals surface area contributed by atoms with E-state index in [1.807, 2.05) is 0 Å². The Morgan fingerprint density at radius 1 is 0.931 bits per heavy atom. The zero-order chi connectivity index (χ0) is 20.2. The molecule has 29 heavy (non-hydrogen) atoms. The second-order valence-electron chi connectivity index (χ2n) is 10.2. The van der Waals surface area contributed by atoms with Crippen LogP contribution in [-0.4, -0.2) is 47.3 Å². The number of carbonyl (C=O) groups is 4. The van der Waals surface area contributed by atoms with Gasteiger partial charge in [0.15, 0.2) is 6.61 Å². The summed E-state index contributed by atoms with van der Waals surface area (Å²) >= 11 is 0. The Bertz CT molecular complexity index is 688. The molecule has 0 aromatic rings. The average molecular weight is 402 g/mol. The Morgan fingerprint density at radius 3 is 1.97 bits per heavy atom. The van der Waals surface area contributed by atoms with E-state index < -0.39 is 5.97 Å². The van der Waals surface area contributed by atoms with Crippen molar-refractivity contribution in [2.45, 2.75) is 69.7 Å². The quantitative estimate of drug-likeness (QED) is 0.559. The van der Waals surface area contributed by atoms with Gasteiger partial charge in [-0.25, -0.2) is 0 Å². The normalized spacial score (nSPS) is 40.1. The molecular formula is C22H30N2O5. The Labute approximate surface area is 170 Å². The monoisotopic (exact) mass is 402 g/mol. The highest BCUT2D eigenvalue weighted by atomic mass is 16.5. The fourth-order valence-corrected chi connectivity index (χ4v) is 7.30. The molecule has 0 aromatic carbocycles. The molecule has 1 saturated heterocycles. The van der Waals surface area contributed by atoms with E-state index in [1.165, 1.54) is 19.3 Å². The molecule has 0 spiro atoms. The molecule has 4 bridgehead atoms. The summed E-state index contributed by atoms with van der Waals surface area (Å²) in [6.45, 7) is -0.723. The van der Waals surface area contributed by atoms with Crippen LogP contribution < -0.4 is 5.32 Å². The number of hydrogen-bond acceptors (Lipinski definition) is 5. The van der Waals surface area contributed by atoms with Gasteiger partial charge in [-0.15, -0.1) is 0 Å². The summed E-state index contributed by atoms with van der Waals surface area (Å²) in [6, 6.07) is 0. The van der Waals surface area contributed by atoms with Crippen molar-refractivity contribution in [3.63, 3.8) is 0 Å². The summed E-state index contributed by atoms with van der Waals surface area (Å²) in [5.74, 6) is 0.148. The fraction of sp³-hybridized carbons (Fsp3) is 0.818. The van der Waals surface area contributed by atoms with E-state index in [-0.39, 0.29) is 48.2 Å². The molecule has 1 N–H and O–H groups in total. The first-order chi connectivity index (χ1) is 13.9. The lowest BCUT2D eigenvalue weighted by Crippen LogP contribution is -2.60. The molecule has 6 aliphatic rings. The van der Waals surface area contributed by atoms with Crippen LogP contribution in [-0.2, 0) is 23.9 Å². The van der Waals surface area contributed by atoms with Gasteiger partial charge in [0, 0.05) is 5.54 Å². The van der Waals surface area contributed by atoms with Crippen molar-refractivity contribution < 1.29 is 23.9 Å². The van der Waals surface area contributed by atoms with Gasteiger partial charge in [-0.3, -0.25) is 24.1 Å². The van der Waals surface area contributed by atoms with Crippen LogP contribution in [0.25, 0.3) is 0 Å². The van der Waals surface area contributed by atoms with Crippen LogP contribution in [0.5, 0.6) is 0 Å². The Balaban J connectivity index is 1.12. The highest BCUT2D eigenvalue weighted by Crippen LogP contribution is 2.55. The van der Waals surface area contributed by atoms with Crippen LogP contribution in [0.3, 0.4) is 0 Å².